The number of benzene rings is 1. The summed E-state index contributed by atoms with van der Waals surface area (Å²) in [5.74, 6) is 1.08. The second-order valence-corrected chi connectivity index (χ2v) is 7.44. The number of carbonyl (C=O) groups excluding carboxylic acids is 1. The number of anilines is 3. The predicted octanol–water partition coefficient (Wildman–Crippen LogP) is 2.03. The fourth-order valence-corrected chi connectivity index (χ4v) is 3.55. The van der Waals surface area contributed by atoms with Crippen molar-refractivity contribution >= 4 is 45.3 Å². The lowest BCUT2D eigenvalue weighted by atomic mass is 10.2. The Morgan fingerprint density at radius 1 is 1.13 bits per heavy atom. The Kier molecular flexibility index (Phi) is 4.47. The van der Waals surface area contributed by atoms with E-state index in [-0.39, 0.29) is 11.9 Å². The Bertz CT molecular complexity index is 1230. The monoisotopic (exact) mass is 403 g/mol. The standard InChI is InChI=1S/C20H21N9O/c1-12(2)29-19-15(26-27-29)5-3-13-9-23-20(25-18(13)19)24-16-6-4-14(10-22-16)28-8-7-21-11-17(28)30/h3-6,9-10,12,21H,7-8,11H2,1-2H3,(H,22,23,24,25). The van der Waals surface area contributed by atoms with Crippen molar-refractivity contribution in [3.63, 3.8) is 0 Å². The lowest BCUT2D eigenvalue weighted by Gasteiger charge is -2.27. The maximum absolute atomic E-state index is 12.0. The topological polar surface area (TPSA) is 114 Å². The third-order valence-corrected chi connectivity index (χ3v) is 5.06. The lowest BCUT2D eigenvalue weighted by Crippen LogP contribution is -2.48. The molecule has 1 aliphatic heterocycles. The molecule has 30 heavy (non-hydrogen) atoms. The van der Waals surface area contributed by atoms with Crippen molar-refractivity contribution in [3.8, 4) is 0 Å². The highest BCUT2D eigenvalue weighted by Crippen LogP contribution is 2.25. The summed E-state index contributed by atoms with van der Waals surface area (Å²) in [7, 11) is 0. The van der Waals surface area contributed by atoms with Crippen molar-refractivity contribution in [2.24, 2.45) is 0 Å². The van der Waals surface area contributed by atoms with Gasteiger partial charge in [0.2, 0.25) is 11.9 Å². The number of nitrogens with zero attached hydrogens (tertiary/aromatic N) is 7. The van der Waals surface area contributed by atoms with E-state index < -0.39 is 0 Å². The Balaban J connectivity index is 1.46. The molecule has 1 saturated heterocycles. The van der Waals surface area contributed by atoms with Gasteiger partial charge in [-0.2, -0.15) is 0 Å². The van der Waals surface area contributed by atoms with Gasteiger partial charge in [-0.25, -0.2) is 19.6 Å². The SMILES string of the molecule is CC(C)n1nnc2ccc3cnc(Nc4ccc(N5CCNCC5=O)cn4)nc3c21. The summed E-state index contributed by atoms with van der Waals surface area (Å²) in [4.78, 5) is 27.3. The van der Waals surface area contributed by atoms with Crippen molar-refractivity contribution in [3.05, 3.63) is 36.7 Å². The number of amides is 1. The molecule has 0 spiro atoms. The van der Waals surface area contributed by atoms with Gasteiger partial charge in [-0.15, -0.1) is 5.10 Å². The van der Waals surface area contributed by atoms with Crippen LogP contribution < -0.4 is 15.5 Å². The molecule has 4 heterocycles. The van der Waals surface area contributed by atoms with E-state index >= 15 is 0 Å². The van der Waals surface area contributed by atoms with Gasteiger partial charge in [-0.05, 0) is 38.1 Å². The first-order valence-electron chi connectivity index (χ1n) is 9.85. The molecule has 5 rings (SSSR count). The summed E-state index contributed by atoms with van der Waals surface area (Å²) < 4.78 is 1.87. The number of hydrogen-bond donors (Lipinski definition) is 2. The van der Waals surface area contributed by atoms with Gasteiger partial charge in [-0.1, -0.05) is 5.21 Å². The zero-order valence-electron chi connectivity index (χ0n) is 16.7. The van der Waals surface area contributed by atoms with E-state index in [1.54, 1.807) is 17.3 Å². The predicted molar refractivity (Wildman–Crippen MR) is 114 cm³/mol. The molecule has 0 unspecified atom stereocenters. The smallest absolute Gasteiger partial charge is 0.241 e. The molecule has 1 aliphatic rings. The van der Waals surface area contributed by atoms with Crippen LogP contribution in [0, 0.1) is 0 Å². The zero-order chi connectivity index (χ0) is 20.7. The molecule has 10 nitrogen and oxygen atoms in total. The van der Waals surface area contributed by atoms with E-state index in [4.69, 9.17) is 4.98 Å². The number of piperazine rings is 1. The van der Waals surface area contributed by atoms with Gasteiger partial charge in [0, 0.05) is 30.7 Å². The van der Waals surface area contributed by atoms with Crippen LogP contribution in [-0.4, -0.2) is 55.5 Å². The van der Waals surface area contributed by atoms with Crippen LogP contribution in [0.25, 0.3) is 21.9 Å². The number of fused-ring (bicyclic) bond motifs is 3. The maximum atomic E-state index is 12.0. The molecule has 0 saturated carbocycles. The number of nitrogens with one attached hydrogen (secondary N) is 2. The molecule has 0 bridgehead atoms. The highest BCUT2D eigenvalue weighted by atomic mass is 16.2. The molecule has 3 aromatic heterocycles. The van der Waals surface area contributed by atoms with Gasteiger partial charge in [-0.3, -0.25) is 4.79 Å². The van der Waals surface area contributed by atoms with E-state index in [0.29, 0.717) is 24.9 Å². The van der Waals surface area contributed by atoms with Crippen molar-refractivity contribution in [2.75, 3.05) is 29.9 Å². The van der Waals surface area contributed by atoms with Crippen LogP contribution in [0.4, 0.5) is 17.5 Å². The van der Waals surface area contributed by atoms with Crippen LogP contribution in [0.1, 0.15) is 19.9 Å². The Morgan fingerprint density at radius 3 is 2.80 bits per heavy atom. The fourth-order valence-electron chi connectivity index (χ4n) is 3.55. The number of aromatic nitrogens is 6. The summed E-state index contributed by atoms with van der Waals surface area (Å²) in [6.45, 7) is 5.87. The first-order valence-corrected chi connectivity index (χ1v) is 9.85. The van der Waals surface area contributed by atoms with Crippen LogP contribution in [0.3, 0.4) is 0 Å². The summed E-state index contributed by atoms with van der Waals surface area (Å²) in [6.07, 6.45) is 3.46. The Morgan fingerprint density at radius 2 is 2.03 bits per heavy atom. The summed E-state index contributed by atoms with van der Waals surface area (Å²) in [5, 5.41) is 15.6. The zero-order valence-corrected chi connectivity index (χ0v) is 16.7. The molecular formula is C20H21N9O. The first-order chi connectivity index (χ1) is 14.6. The van der Waals surface area contributed by atoms with Gasteiger partial charge >= 0.3 is 0 Å². The largest absolute Gasteiger partial charge is 0.309 e. The molecule has 1 aromatic carbocycles. The van der Waals surface area contributed by atoms with Gasteiger partial charge in [0.05, 0.1) is 18.4 Å². The van der Waals surface area contributed by atoms with E-state index in [1.165, 1.54) is 0 Å². The van der Waals surface area contributed by atoms with E-state index in [2.05, 4.69) is 44.8 Å². The minimum atomic E-state index is 0.0426. The lowest BCUT2D eigenvalue weighted by molar-refractivity contribution is -0.118. The highest BCUT2D eigenvalue weighted by molar-refractivity contribution is 6.01. The summed E-state index contributed by atoms with van der Waals surface area (Å²) in [6, 6.07) is 7.72. The first kappa shape index (κ1) is 18.4. The second-order valence-electron chi connectivity index (χ2n) is 7.44. The Hall–Kier alpha value is -3.66. The van der Waals surface area contributed by atoms with Crippen molar-refractivity contribution in [1.82, 2.24) is 35.3 Å². The summed E-state index contributed by atoms with van der Waals surface area (Å²) >= 11 is 0. The molecule has 4 aromatic rings. The van der Waals surface area contributed by atoms with Crippen molar-refractivity contribution in [2.45, 2.75) is 19.9 Å². The molecule has 0 atom stereocenters. The molecular weight excluding hydrogens is 382 g/mol. The van der Waals surface area contributed by atoms with Crippen molar-refractivity contribution in [1.29, 1.82) is 0 Å². The quantitative estimate of drug-likeness (QED) is 0.532. The highest BCUT2D eigenvalue weighted by Gasteiger charge is 2.19. The number of carbonyl (C=O) groups is 1. The molecule has 0 radical (unpaired) electrons. The van der Waals surface area contributed by atoms with Crippen LogP contribution in [-0.2, 0) is 4.79 Å². The van der Waals surface area contributed by atoms with Crippen LogP contribution in [0.15, 0.2) is 36.7 Å². The van der Waals surface area contributed by atoms with Crippen LogP contribution >= 0.6 is 0 Å². The normalized spacial score (nSPS) is 14.8. The van der Waals surface area contributed by atoms with Crippen LogP contribution in [0.5, 0.6) is 0 Å². The summed E-state index contributed by atoms with van der Waals surface area (Å²) in [5.41, 5.74) is 3.24. The van der Waals surface area contributed by atoms with Gasteiger partial charge in [0.25, 0.3) is 0 Å². The van der Waals surface area contributed by atoms with Gasteiger partial charge < -0.3 is 15.5 Å². The Labute approximate surface area is 172 Å². The number of rotatable bonds is 4. The molecule has 2 N–H and O–H groups in total. The van der Waals surface area contributed by atoms with Crippen LogP contribution in [0.2, 0.25) is 0 Å². The minimum Gasteiger partial charge on any atom is -0.309 e. The van der Waals surface area contributed by atoms with Crippen molar-refractivity contribution < 1.29 is 4.79 Å². The molecule has 1 fully saturated rings. The van der Waals surface area contributed by atoms with E-state index in [1.807, 2.05) is 28.9 Å². The third kappa shape index (κ3) is 3.20. The van der Waals surface area contributed by atoms with E-state index in [9.17, 15) is 4.79 Å². The molecule has 0 aliphatic carbocycles. The average Bonchev–Trinajstić information content (AvgIpc) is 3.20. The third-order valence-electron chi connectivity index (χ3n) is 5.06. The number of pyridine rings is 1. The molecule has 152 valence electrons. The fraction of sp³-hybridized carbons (Fsp3) is 0.300. The molecule has 1 amide bonds. The number of hydrogen-bond acceptors (Lipinski definition) is 8. The van der Waals surface area contributed by atoms with E-state index in [0.717, 1.165) is 34.2 Å². The minimum absolute atomic E-state index is 0.0426. The second kappa shape index (κ2) is 7.30. The molecule has 10 heteroatoms. The average molecular weight is 403 g/mol. The maximum Gasteiger partial charge on any atom is 0.241 e. The van der Waals surface area contributed by atoms with Gasteiger partial charge in [0.15, 0.2) is 0 Å². The van der Waals surface area contributed by atoms with Gasteiger partial charge in [0.1, 0.15) is 22.4 Å².